The molecule has 2 aromatic heterocycles. The summed E-state index contributed by atoms with van der Waals surface area (Å²) in [4.78, 5) is 13.7. The topological polar surface area (TPSA) is 69.0 Å². The van der Waals surface area contributed by atoms with Crippen LogP contribution < -0.4 is 5.32 Å². The van der Waals surface area contributed by atoms with Gasteiger partial charge in [-0.1, -0.05) is 41.0 Å². The van der Waals surface area contributed by atoms with Crippen molar-refractivity contribution >= 4 is 57.9 Å². The van der Waals surface area contributed by atoms with Gasteiger partial charge in [0.25, 0.3) is 0 Å². The van der Waals surface area contributed by atoms with Crippen LogP contribution >= 0.6 is 46.3 Å². The van der Waals surface area contributed by atoms with Gasteiger partial charge >= 0.3 is 0 Å². The number of nitrogens with zero attached hydrogens (tertiary/aromatic N) is 3. The summed E-state index contributed by atoms with van der Waals surface area (Å²) in [5.41, 5.74) is 1.45. The molecule has 3 aromatic rings. The highest BCUT2D eigenvalue weighted by molar-refractivity contribution is 7.99. The van der Waals surface area contributed by atoms with Gasteiger partial charge in [-0.15, -0.1) is 21.5 Å². The lowest BCUT2D eigenvalue weighted by Crippen LogP contribution is -2.18. The van der Waals surface area contributed by atoms with E-state index in [1.807, 2.05) is 0 Å². The number of hydrogen-bond donors (Lipinski definition) is 1. The van der Waals surface area contributed by atoms with Crippen LogP contribution in [0.25, 0.3) is 11.4 Å². The van der Waals surface area contributed by atoms with Crippen LogP contribution in [0.15, 0.2) is 34.8 Å². The molecule has 3 heterocycles. The SMILES string of the molecule is Cc1cc(-c2nnc(SCC(=O)Nc3c(Cl)cccc3Cl)n2CC2CCCO2)cs1. The van der Waals surface area contributed by atoms with Crippen LogP contribution in [0.1, 0.15) is 17.7 Å². The Kier molecular flexibility index (Phi) is 7.00. The summed E-state index contributed by atoms with van der Waals surface area (Å²) in [6.45, 7) is 3.51. The molecule has 1 N–H and O–H groups in total. The largest absolute Gasteiger partial charge is 0.376 e. The number of ether oxygens (including phenoxy) is 1. The summed E-state index contributed by atoms with van der Waals surface area (Å²) in [5.74, 6) is 0.745. The number of para-hydroxylation sites is 1. The third-order valence-corrected chi connectivity index (χ3v) is 7.13. The Morgan fingerprint density at radius 2 is 2.17 bits per heavy atom. The Morgan fingerprint density at radius 1 is 1.37 bits per heavy atom. The van der Waals surface area contributed by atoms with E-state index in [-0.39, 0.29) is 17.8 Å². The zero-order valence-corrected chi connectivity index (χ0v) is 19.4. The van der Waals surface area contributed by atoms with Gasteiger partial charge in [-0.05, 0) is 38.0 Å². The third kappa shape index (κ3) is 5.00. The number of anilines is 1. The molecule has 1 fully saturated rings. The maximum absolute atomic E-state index is 12.5. The molecule has 1 aromatic carbocycles. The van der Waals surface area contributed by atoms with Gasteiger partial charge in [-0.25, -0.2) is 0 Å². The Morgan fingerprint density at radius 3 is 2.83 bits per heavy atom. The first-order valence-corrected chi connectivity index (χ1v) is 12.1. The van der Waals surface area contributed by atoms with Gasteiger partial charge < -0.3 is 10.1 Å². The second kappa shape index (κ2) is 9.70. The molecule has 0 radical (unpaired) electrons. The predicted octanol–water partition coefficient (Wildman–Crippen LogP) is 5.53. The fourth-order valence-electron chi connectivity index (χ4n) is 3.25. The van der Waals surface area contributed by atoms with E-state index in [4.69, 9.17) is 27.9 Å². The molecule has 10 heteroatoms. The fraction of sp³-hybridized carbons (Fsp3) is 0.350. The fourth-order valence-corrected chi connectivity index (χ4v) is 5.17. The number of thiophene rings is 1. The number of rotatable bonds is 7. The van der Waals surface area contributed by atoms with Crippen LogP contribution in [-0.2, 0) is 16.1 Å². The van der Waals surface area contributed by atoms with Crippen molar-refractivity contribution in [3.8, 4) is 11.4 Å². The molecule has 0 saturated carbocycles. The molecule has 1 atom stereocenters. The number of carbonyl (C=O) groups is 1. The van der Waals surface area contributed by atoms with Gasteiger partial charge in [0.15, 0.2) is 11.0 Å². The Balaban J connectivity index is 1.50. The molecule has 0 spiro atoms. The van der Waals surface area contributed by atoms with Gasteiger partial charge in [-0.3, -0.25) is 9.36 Å². The number of benzene rings is 1. The lowest BCUT2D eigenvalue weighted by atomic mass is 10.2. The van der Waals surface area contributed by atoms with Gasteiger partial charge in [0, 0.05) is 22.4 Å². The molecule has 1 unspecified atom stereocenters. The normalized spacial score (nSPS) is 16.2. The molecular formula is C20H20Cl2N4O2S2. The van der Waals surface area contributed by atoms with E-state index in [2.05, 4.69) is 38.5 Å². The van der Waals surface area contributed by atoms with E-state index in [0.717, 1.165) is 30.8 Å². The number of aryl methyl sites for hydroxylation is 1. The molecule has 30 heavy (non-hydrogen) atoms. The summed E-state index contributed by atoms with van der Waals surface area (Å²) in [6, 6.07) is 7.20. The summed E-state index contributed by atoms with van der Waals surface area (Å²) in [6.07, 6.45) is 2.20. The van der Waals surface area contributed by atoms with Gasteiger partial charge in [0.2, 0.25) is 5.91 Å². The van der Waals surface area contributed by atoms with E-state index >= 15 is 0 Å². The first-order chi connectivity index (χ1) is 14.5. The van der Waals surface area contributed by atoms with E-state index in [1.165, 1.54) is 16.6 Å². The van der Waals surface area contributed by atoms with Gasteiger partial charge in [-0.2, -0.15) is 0 Å². The van der Waals surface area contributed by atoms with E-state index in [9.17, 15) is 4.79 Å². The minimum absolute atomic E-state index is 0.134. The highest BCUT2D eigenvalue weighted by atomic mass is 35.5. The van der Waals surface area contributed by atoms with Crippen LogP contribution in [0, 0.1) is 6.92 Å². The number of halogens is 2. The molecule has 1 aliphatic heterocycles. The molecule has 1 aliphatic rings. The van der Waals surface area contributed by atoms with Crippen molar-refractivity contribution in [3.63, 3.8) is 0 Å². The van der Waals surface area contributed by atoms with Gasteiger partial charge in [0.1, 0.15) is 0 Å². The average Bonchev–Trinajstić information content (AvgIpc) is 3.45. The lowest BCUT2D eigenvalue weighted by molar-refractivity contribution is -0.113. The summed E-state index contributed by atoms with van der Waals surface area (Å²) < 4.78 is 7.87. The lowest BCUT2D eigenvalue weighted by Gasteiger charge is -2.14. The number of carbonyl (C=O) groups excluding carboxylic acids is 1. The van der Waals surface area contributed by atoms with Crippen LogP contribution in [0.3, 0.4) is 0 Å². The smallest absolute Gasteiger partial charge is 0.234 e. The van der Waals surface area contributed by atoms with Crippen molar-refractivity contribution in [1.29, 1.82) is 0 Å². The van der Waals surface area contributed by atoms with Crippen LogP contribution in [0.5, 0.6) is 0 Å². The minimum Gasteiger partial charge on any atom is -0.376 e. The molecule has 1 saturated heterocycles. The molecule has 0 bridgehead atoms. The van der Waals surface area contributed by atoms with Crippen molar-refractivity contribution in [1.82, 2.24) is 14.8 Å². The Bertz CT molecular complexity index is 1030. The highest BCUT2D eigenvalue weighted by Crippen LogP contribution is 2.31. The summed E-state index contributed by atoms with van der Waals surface area (Å²) in [5, 5.41) is 15.1. The second-order valence-electron chi connectivity index (χ2n) is 6.93. The Hall–Kier alpha value is -1.58. The highest BCUT2D eigenvalue weighted by Gasteiger charge is 2.23. The number of amides is 1. The first kappa shape index (κ1) is 21.6. The molecule has 4 rings (SSSR count). The molecule has 1 amide bonds. The van der Waals surface area contributed by atoms with Crippen molar-refractivity contribution in [2.45, 2.75) is 37.6 Å². The number of thioether (sulfide) groups is 1. The van der Waals surface area contributed by atoms with E-state index < -0.39 is 0 Å². The number of hydrogen-bond acceptors (Lipinski definition) is 6. The zero-order chi connectivity index (χ0) is 21.1. The molecular weight excluding hydrogens is 463 g/mol. The van der Waals surface area contributed by atoms with Crippen molar-refractivity contribution in [3.05, 3.63) is 44.6 Å². The molecule has 0 aliphatic carbocycles. The maximum atomic E-state index is 12.5. The summed E-state index contributed by atoms with van der Waals surface area (Å²) in [7, 11) is 0. The van der Waals surface area contributed by atoms with Crippen molar-refractivity contribution in [2.24, 2.45) is 0 Å². The number of aromatic nitrogens is 3. The summed E-state index contributed by atoms with van der Waals surface area (Å²) >= 11 is 15.3. The molecule has 6 nitrogen and oxygen atoms in total. The number of nitrogens with one attached hydrogen (secondary N) is 1. The monoisotopic (exact) mass is 482 g/mol. The van der Waals surface area contributed by atoms with Crippen LogP contribution in [-0.4, -0.2) is 39.1 Å². The third-order valence-electron chi connectivity index (χ3n) is 4.68. The van der Waals surface area contributed by atoms with Crippen molar-refractivity contribution in [2.75, 3.05) is 17.7 Å². The quantitative estimate of drug-likeness (QED) is 0.448. The van der Waals surface area contributed by atoms with Crippen LogP contribution in [0.2, 0.25) is 10.0 Å². The zero-order valence-electron chi connectivity index (χ0n) is 16.2. The first-order valence-electron chi connectivity index (χ1n) is 9.48. The standard InChI is InChI=1S/C20H20Cl2N4O2S2/c1-12-8-13(10-29-12)19-24-25-20(26(19)9-14-4-3-7-28-14)30-11-17(27)23-18-15(21)5-2-6-16(18)22/h2,5-6,8,10,14H,3-4,7,9,11H2,1H3,(H,23,27). The molecule has 158 valence electrons. The van der Waals surface area contributed by atoms with E-state index in [0.29, 0.717) is 27.4 Å². The van der Waals surface area contributed by atoms with Crippen molar-refractivity contribution < 1.29 is 9.53 Å². The van der Waals surface area contributed by atoms with Crippen LogP contribution in [0.4, 0.5) is 5.69 Å². The predicted molar refractivity (Wildman–Crippen MR) is 123 cm³/mol. The van der Waals surface area contributed by atoms with E-state index in [1.54, 1.807) is 29.5 Å². The minimum atomic E-state index is -0.213. The maximum Gasteiger partial charge on any atom is 0.234 e. The van der Waals surface area contributed by atoms with Gasteiger partial charge in [0.05, 0.1) is 34.1 Å². The average molecular weight is 483 g/mol. The second-order valence-corrected chi connectivity index (χ2v) is 9.80. The Labute approximate surface area is 192 Å².